The highest BCUT2D eigenvalue weighted by Gasteiger charge is 2.21. The van der Waals surface area contributed by atoms with Crippen molar-refractivity contribution < 1.29 is 4.74 Å². The van der Waals surface area contributed by atoms with Crippen molar-refractivity contribution in [2.24, 2.45) is 0 Å². The molecule has 1 heterocycles. The molecule has 4 nitrogen and oxygen atoms in total. The van der Waals surface area contributed by atoms with Crippen LogP contribution in [0.15, 0.2) is 42.6 Å². The molecule has 0 saturated heterocycles. The summed E-state index contributed by atoms with van der Waals surface area (Å²) < 4.78 is 7.66. The van der Waals surface area contributed by atoms with E-state index in [-0.39, 0.29) is 12.1 Å². The molecule has 0 amide bonds. The molecule has 0 bridgehead atoms. The lowest BCUT2D eigenvalue weighted by Gasteiger charge is -2.24. The fraction of sp³-hybridized carbons (Fsp3) is 0.400. The van der Waals surface area contributed by atoms with Gasteiger partial charge in [-0.3, -0.25) is 0 Å². The maximum atomic E-state index is 5.71. The Morgan fingerprint density at radius 1 is 1.26 bits per heavy atom. The van der Waals surface area contributed by atoms with Crippen LogP contribution in [0.1, 0.15) is 25.6 Å². The van der Waals surface area contributed by atoms with E-state index >= 15 is 0 Å². The number of nitrogens with zero attached hydrogens (tertiary/aromatic N) is 2. The number of para-hydroxylation sites is 1. The largest absolute Gasteiger partial charge is 0.377 e. The van der Waals surface area contributed by atoms with Crippen molar-refractivity contribution in [3.63, 3.8) is 0 Å². The van der Waals surface area contributed by atoms with Crippen molar-refractivity contribution in [3.8, 4) is 5.69 Å². The van der Waals surface area contributed by atoms with Gasteiger partial charge < -0.3 is 10.1 Å². The van der Waals surface area contributed by atoms with Crippen LogP contribution in [0.5, 0.6) is 0 Å². The normalized spacial score (nSPS) is 14.3. The van der Waals surface area contributed by atoms with Gasteiger partial charge in [-0.25, -0.2) is 4.68 Å². The predicted molar refractivity (Wildman–Crippen MR) is 76.5 cm³/mol. The smallest absolute Gasteiger partial charge is 0.0757 e. The summed E-state index contributed by atoms with van der Waals surface area (Å²) in [5.41, 5.74) is 2.17. The molecular weight excluding hydrogens is 238 g/mol. The number of aromatic nitrogens is 2. The molecule has 0 spiro atoms. The van der Waals surface area contributed by atoms with Crippen LogP contribution < -0.4 is 5.32 Å². The SMILES string of the molecule is CCOC(C)C(NC)c1ccnn1-c1ccccc1. The molecule has 4 heteroatoms. The van der Waals surface area contributed by atoms with Gasteiger partial charge >= 0.3 is 0 Å². The second-order valence-corrected chi connectivity index (χ2v) is 4.43. The van der Waals surface area contributed by atoms with Crippen LogP contribution in [0, 0.1) is 0 Å². The van der Waals surface area contributed by atoms with Crippen LogP contribution in [0.4, 0.5) is 0 Å². The predicted octanol–water partition coefficient (Wildman–Crippen LogP) is 2.56. The standard InChI is InChI=1S/C15H21N3O/c1-4-19-12(2)15(16-3)14-10-11-17-18(14)13-8-6-5-7-9-13/h5-12,15-16H,4H2,1-3H3. The molecule has 0 fully saturated rings. The minimum Gasteiger partial charge on any atom is -0.377 e. The first-order valence-electron chi connectivity index (χ1n) is 6.66. The molecule has 2 rings (SSSR count). The van der Waals surface area contributed by atoms with Gasteiger partial charge in [0.25, 0.3) is 0 Å². The summed E-state index contributed by atoms with van der Waals surface area (Å²) in [6.45, 7) is 4.80. The zero-order valence-corrected chi connectivity index (χ0v) is 11.7. The molecule has 0 saturated carbocycles. The quantitative estimate of drug-likeness (QED) is 0.866. The van der Waals surface area contributed by atoms with Crippen molar-refractivity contribution in [3.05, 3.63) is 48.3 Å². The highest BCUT2D eigenvalue weighted by atomic mass is 16.5. The lowest BCUT2D eigenvalue weighted by molar-refractivity contribution is 0.0476. The van der Waals surface area contributed by atoms with E-state index in [0.717, 1.165) is 11.4 Å². The number of nitrogens with one attached hydrogen (secondary N) is 1. The molecule has 0 radical (unpaired) electrons. The van der Waals surface area contributed by atoms with Crippen molar-refractivity contribution in [1.82, 2.24) is 15.1 Å². The van der Waals surface area contributed by atoms with E-state index in [9.17, 15) is 0 Å². The third-order valence-corrected chi connectivity index (χ3v) is 3.20. The van der Waals surface area contributed by atoms with Crippen molar-refractivity contribution in [2.45, 2.75) is 26.0 Å². The Labute approximate surface area is 114 Å². The third kappa shape index (κ3) is 3.03. The van der Waals surface area contributed by atoms with E-state index in [1.54, 1.807) is 0 Å². The number of ether oxygens (including phenoxy) is 1. The molecule has 2 aromatic rings. The fourth-order valence-corrected chi connectivity index (χ4v) is 2.32. The first kappa shape index (κ1) is 13.8. The number of rotatable bonds is 6. The minimum atomic E-state index is 0.0918. The maximum Gasteiger partial charge on any atom is 0.0757 e. The van der Waals surface area contributed by atoms with Gasteiger partial charge in [-0.05, 0) is 39.1 Å². The Kier molecular flexibility index (Phi) is 4.71. The zero-order chi connectivity index (χ0) is 13.7. The van der Waals surface area contributed by atoms with Gasteiger partial charge in [0.2, 0.25) is 0 Å². The Morgan fingerprint density at radius 2 is 2.00 bits per heavy atom. The molecule has 102 valence electrons. The number of likely N-dealkylation sites (N-methyl/N-ethyl adjacent to an activating group) is 1. The number of hydrogen-bond donors (Lipinski definition) is 1. The van der Waals surface area contributed by atoms with Gasteiger partial charge in [-0.15, -0.1) is 0 Å². The number of hydrogen-bond acceptors (Lipinski definition) is 3. The summed E-state index contributed by atoms with van der Waals surface area (Å²) >= 11 is 0. The van der Waals surface area contributed by atoms with Crippen molar-refractivity contribution >= 4 is 0 Å². The zero-order valence-electron chi connectivity index (χ0n) is 11.7. The topological polar surface area (TPSA) is 39.1 Å². The van der Waals surface area contributed by atoms with Crippen LogP contribution >= 0.6 is 0 Å². The van der Waals surface area contributed by atoms with E-state index in [0.29, 0.717) is 6.61 Å². The third-order valence-electron chi connectivity index (χ3n) is 3.20. The highest BCUT2D eigenvalue weighted by Crippen LogP contribution is 2.21. The molecule has 1 N–H and O–H groups in total. The van der Waals surface area contributed by atoms with Gasteiger partial charge in [0.1, 0.15) is 0 Å². The van der Waals surface area contributed by atoms with Crippen LogP contribution in [0.2, 0.25) is 0 Å². The average Bonchev–Trinajstić information content (AvgIpc) is 2.90. The highest BCUT2D eigenvalue weighted by molar-refractivity contribution is 5.33. The van der Waals surface area contributed by atoms with Gasteiger partial charge in [-0.1, -0.05) is 18.2 Å². The summed E-state index contributed by atoms with van der Waals surface area (Å²) in [4.78, 5) is 0. The van der Waals surface area contributed by atoms with Gasteiger partial charge in [0, 0.05) is 12.8 Å². The number of benzene rings is 1. The molecule has 0 aliphatic rings. The molecule has 2 atom stereocenters. The summed E-state index contributed by atoms with van der Waals surface area (Å²) in [6.07, 6.45) is 1.92. The van der Waals surface area contributed by atoms with Crippen LogP contribution in [-0.2, 0) is 4.74 Å². The minimum absolute atomic E-state index is 0.0918. The maximum absolute atomic E-state index is 5.71. The molecule has 1 aromatic carbocycles. The van der Waals surface area contributed by atoms with Gasteiger partial charge in [0.15, 0.2) is 0 Å². The van der Waals surface area contributed by atoms with Crippen molar-refractivity contribution in [1.29, 1.82) is 0 Å². The Morgan fingerprint density at radius 3 is 2.63 bits per heavy atom. The summed E-state index contributed by atoms with van der Waals surface area (Å²) in [5, 5.41) is 7.73. The second-order valence-electron chi connectivity index (χ2n) is 4.43. The van der Waals surface area contributed by atoms with Crippen LogP contribution in [-0.4, -0.2) is 29.5 Å². The first-order chi connectivity index (χ1) is 9.27. The molecule has 19 heavy (non-hydrogen) atoms. The van der Waals surface area contributed by atoms with Crippen LogP contribution in [0.3, 0.4) is 0 Å². The lowest BCUT2D eigenvalue weighted by Crippen LogP contribution is -2.31. The van der Waals surface area contributed by atoms with Gasteiger partial charge in [0.05, 0.1) is 23.5 Å². The van der Waals surface area contributed by atoms with Gasteiger partial charge in [-0.2, -0.15) is 5.10 Å². The summed E-state index contributed by atoms with van der Waals surface area (Å²) in [7, 11) is 1.95. The van der Waals surface area contributed by atoms with Crippen LogP contribution in [0.25, 0.3) is 5.69 Å². The molecular formula is C15H21N3O. The van der Waals surface area contributed by atoms with E-state index in [4.69, 9.17) is 4.74 Å². The first-order valence-corrected chi connectivity index (χ1v) is 6.66. The molecule has 2 unspecified atom stereocenters. The lowest BCUT2D eigenvalue weighted by atomic mass is 10.1. The Bertz CT molecular complexity index is 495. The average molecular weight is 259 g/mol. The van der Waals surface area contributed by atoms with E-state index in [2.05, 4.69) is 29.5 Å². The molecule has 0 aliphatic heterocycles. The summed E-state index contributed by atoms with van der Waals surface area (Å²) in [6, 6.07) is 12.3. The second kappa shape index (κ2) is 6.50. The fourth-order valence-electron chi connectivity index (χ4n) is 2.32. The molecule has 1 aromatic heterocycles. The van der Waals surface area contributed by atoms with E-state index in [1.807, 2.05) is 49.1 Å². The molecule has 0 aliphatic carbocycles. The van der Waals surface area contributed by atoms with Crippen molar-refractivity contribution in [2.75, 3.05) is 13.7 Å². The monoisotopic (exact) mass is 259 g/mol. The summed E-state index contributed by atoms with van der Waals surface area (Å²) in [5.74, 6) is 0. The Balaban J connectivity index is 2.32. The van der Waals surface area contributed by atoms with E-state index in [1.165, 1.54) is 0 Å². The van der Waals surface area contributed by atoms with E-state index < -0.39 is 0 Å². The Hall–Kier alpha value is -1.65.